The van der Waals surface area contributed by atoms with Gasteiger partial charge in [0.05, 0.1) is 7.11 Å². The number of ether oxygens (including phenoxy) is 1. The van der Waals surface area contributed by atoms with Crippen molar-refractivity contribution >= 4 is 0 Å². The molecule has 0 saturated carbocycles. The Hall–Kier alpha value is -1.02. The highest BCUT2D eigenvalue weighted by molar-refractivity contribution is 5.36. The van der Waals surface area contributed by atoms with Gasteiger partial charge in [-0.15, -0.1) is 0 Å². The van der Waals surface area contributed by atoms with E-state index in [0.29, 0.717) is 0 Å². The van der Waals surface area contributed by atoms with Crippen LogP contribution in [-0.4, -0.2) is 12.6 Å². The number of hydrogen-bond acceptors (Lipinski definition) is 2. The molecule has 2 N–H and O–H groups in total. The Labute approximate surface area is 86.1 Å². The monoisotopic (exact) mass is 193 g/mol. The number of methoxy groups -OCH3 is 1. The van der Waals surface area contributed by atoms with Crippen molar-refractivity contribution in [3.63, 3.8) is 0 Å². The molecule has 0 bridgehead atoms. The molecule has 0 aromatic heterocycles. The van der Waals surface area contributed by atoms with Crippen molar-refractivity contribution in [2.75, 3.05) is 7.11 Å². The van der Waals surface area contributed by atoms with Crippen molar-refractivity contribution in [2.45, 2.75) is 32.7 Å². The maximum absolute atomic E-state index is 5.96. The summed E-state index contributed by atoms with van der Waals surface area (Å²) in [6.07, 6.45) is 0.887. The van der Waals surface area contributed by atoms with Crippen LogP contribution in [0.5, 0.6) is 5.75 Å². The van der Waals surface area contributed by atoms with Gasteiger partial charge < -0.3 is 10.5 Å². The van der Waals surface area contributed by atoms with Crippen molar-refractivity contribution in [2.24, 2.45) is 5.73 Å². The topological polar surface area (TPSA) is 35.2 Å². The molecule has 0 spiro atoms. The van der Waals surface area contributed by atoms with E-state index in [1.54, 1.807) is 7.11 Å². The van der Waals surface area contributed by atoms with Crippen LogP contribution in [0.4, 0.5) is 0 Å². The molecule has 1 rings (SSSR count). The molecular formula is C12H19NO. The molecule has 0 aliphatic rings. The highest BCUT2D eigenvalue weighted by Gasteiger charge is 2.12. The molecule has 0 fully saturated rings. The third kappa shape index (κ3) is 3.04. The lowest BCUT2D eigenvalue weighted by Gasteiger charge is -2.19. The molecule has 0 aliphatic heterocycles. The minimum atomic E-state index is -0.152. The standard InChI is InChI=1S/C12H19NO/c1-9-7-10(8-12(2,3)13)5-6-11(9)14-4/h5-7H,8,13H2,1-4H3. The highest BCUT2D eigenvalue weighted by atomic mass is 16.5. The summed E-state index contributed by atoms with van der Waals surface area (Å²) in [5.74, 6) is 0.934. The van der Waals surface area contributed by atoms with Crippen LogP contribution in [0.15, 0.2) is 18.2 Å². The van der Waals surface area contributed by atoms with Gasteiger partial charge in [0.25, 0.3) is 0 Å². The second kappa shape index (κ2) is 4.01. The molecule has 2 heteroatoms. The molecule has 0 atom stereocenters. The molecule has 0 amide bonds. The largest absolute Gasteiger partial charge is 0.496 e. The Bertz CT molecular complexity index is 313. The van der Waals surface area contributed by atoms with Crippen molar-refractivity contribution in [1.82, 2.24) is 0 Å². The van der Waals surface area contributed by atoms with Crippen LogP contribution in [0.3, 0.4) is 0 Å². The van der Waals surface area contributed by atoms with Gasteiger partial charge in [-0.3, -0.25) is 0 Å². The Morgan fingerprint density at radius 3 is 2.43 bits per heavy atom. The van der Waals surface area contributed by atoms with E-state index in [2.05, 4.69) is 12.1 Å². The molecule has 1 aromatic rings. The van der Waals surface area contributed by atoms with Crippen LogP contribution in [-0.2, 0) is 6.42 Å². The summed E-state index contributed by atoms with van der Waals surface area (Å²) >= 11 is 0. The van der Waals surface area contributed by atoms with Crippen LogP contribution < -0.4 is 10.5 Å². The van der Waals surface area contributed by atoms with Crippen LogP contribution >= 0.6 is 0 Å². The van der Waals surface area contributed by atoms with E-state index in [1.165, 1.54) is 5.56 Å². The van der Waals surface area contributed by atoms with Crippen LogP contribution in [0.25, 0.3) is 0 Å². The van der Waals surface area contributed by atoms with E-state index in [0.717, 1.165) is 17.7 Å². The minimum absolute atomic E-state index is 0.152. The molecule has 0 aliphatic carbocycles. The van der Waals surface area contributed by atoms with Gasteiger partial charge in [0, 0.05) is 5.54 Å². The Balaban J connectivity index is 2.87. The molecule has 78 valence electrons. The van der Waals surface area contributed by atoms with Gasteiger partial charge in [0.1, 0.15) is 5.75 Å². The number of hydrogen-bond donors (Lipinski definition) is 1. The summed E-state index contributed by atoms with van der Waals surface area (Å²) in [7, 11) is 1.69. The average molecular weight is 193 g/mol. The van der Waals surface area contributed by atoms with Gasteiger partial charge >= 0.3 is 0 Å². The number of rotatable bonds is 3. The fourth-order valence-electron chi connectivity index (χ4n) is 1.58. The average Bonchev–Trinajstić information content (AvgIpc) is 2.01. The Morgan fingerprint density at radius 1 is 1.36 bits per heavy atom. The SMILES string of the molecule is COc1ccc(CC(C)(C)N)cc1C. The normalized spacial score (nSPS) is 11.5. The lowest BCUT2D eigenvalue weighted by atomic mass is 9.95. The first-order valence-corrected chi connectivity index (χ1v) is 4.85. The van der Waals surface area contributed by atoms with Crippen LogP contribution in [0, 0.1) is 6.92 Å². The predicted octanol–water partition coefficient (Wildman–Crippen LogP) is 2.28. The number of aryl methyl sites for hydroxylation is 1. The zero-order valence-electron chi connectivity index (χ0n) is 9.42. The summed E-state index contributed by atoms with van der Waals surface area (Å²) in [4.78, 5) is 0. The van der Waals surface area contributed by atoms with Crippen LogP contribution in [0.2, 0.25) is 0 Å². The first kappa shape index (κ1) is 11.1. The van der Waals surface area contributed by atoms with Gasteiger partial charge in [-0.1, -0.05) is 12.1 Å². The second-order valence-electron chi connectivity index (χ2n) is 4.47. The van der Waals surface area contributed by atoms with Gasteiger partial charge in [-0.2, -0.15) is 0 Å². The van der Waals surface area contributed by atoms with E-state index in [9.17, 15) is 0 Å². The van der Waals surface area contributed by atoms with E-state index in [-0.39, 0.29) is 5.54 Å². The summed E-state index contributed by atoms with van der Waals surface area (Å²) in [6.45, 7) is 6.12. The lowest BCUT2D eigenvalue weighted by Crippen LogP contribution is -2.34. The van der Waals surface area contributed by atoms with Crippen LogP contribution in [0.1, 0.15) is 25.0 Å². The molecule has 0 unspecified atom stereocenters. The third-order valence-electron chi connectivity index (χ3n) is 2.12. The number of benzene rings is 1. The summed E-state index contributed by atoms with van der Waals surface area (Å²) < 4.78 is 5.20. The smallest absolute Gasteiger partial charge is 0.121 e. The first-order valence-electron chi connectivity index (χ1n) is 4.85. The fraction of sp³-hybridized carbons (Fsp3) is 0.500. The van der Waals surface area contributed by atoms with E-state index < -0.39 is 0 Å². The third-order valence-corrected chi connectivity index (χ3v) is 2.12. The fourth-order valence-corrected chi connectivity index (χ4v) is 1.58. The number of nitrogens with two attached hydrogens (primary N) is 1. The molecule has 14 heavy (non-hydrogen) atoms. The predicted molar refractivity (Wildman–Crippen MR) is 59.7 cm³/mol. The van der Waals surface area contributed by atoms with Crippen molar-refractivity contribution in [3.05, 3.63) is 29.3 Å². The summed E-state index contributed by atoms with van der Waals surface area (Å²) in [5.41, 5.74) is 8.23. The second-order valence-corrected chi connectivity index (χ2v) is 4.47. The summed E-state index contributed by atoms with van der Waals surface area (Å²) in [5, 5.41) is 0. The van der Waals surface area contributed by atoms with E-state index in [1.807, 2.05) is 26.8 Å². The van der Waals surface area contributed by atoms with Gasteiger partial charge in [0.15, 0.2) is 0 Å². The van der Waals surface area contributed by atoms with Gasteiger partial charge in [0.2, 0.25) is 0 Å². The van der Waals surface area contributed by atoms with Gasteiger partial charge in [-0.05, 0) is 44.4 Å². The van der Waals surface area contributed by atoms with E-state index >= 15 is 0 Å². The Kier molecular flexibility index (Phi) is 3.17. The molecule has 1 aromatic carbocycles. The molecule has 0 heterocycles. The van der Waals surface area contributed by atoms with E-state index in [4.69, 9.17) is 10.5 Å². The molecule has 0 saturated heterocycles. The van der Waals surface area contributed by atoms with Crippen molar-refractivity contribution in [1.29, 1.82) is 0 Å². The quantitative estimate of drug-likeness (QED) is 0.799. The lowest BCUT2D eigenvalue weighted by molar-refractivity contribution is 0.411. The highest BCUT2D eigenvalue weighted by Crippen LogP contribution is 2.20. The zero-order valence-corrected chi connectivity index (χ0v) is 9.42. The Morgan fingerprint density at radius 2 is 2.00 bits per heavy atom. The molecule has 0 radical (unpaired) electrons. The maximum atomic E-state index is 5.96. The minimum Gasteiger partial charge on any atom is -0.496 e. The van der Waals surface area contributed by atoms with Crippen molar-refractivity contribution in [3.8, 4) is 5.75 Å². The zero-order chi connectivity index (χ0) is 10.8. The first-order chi connectivity index (χ1) is 6.42. The molecular weight excluding hydrogens is 174 g/mol. The van der Waals surface area contributed by atoms with Crippen molar-refractivity contribution < 1.29 is 4.74 Å². The van der Waals surface area contributed by atoms with Gasteiger partial charge in [-0.25, -0.2) is 0 Å². The molecule has 2 nitrogen and oxygen atoms in total. The summed E-state index contributed by atoms with van der Waals surface area (Å²) in [6, 6.07) is 6.20. The maximum Gasteiger partial charge on any atom is 0.121 e.